The molecule has 2 rings (SSSR count). The second-order valence-corrected chi connectivity index (χ2v) is 6.48. The molecule has 3 N–H and O–H groups in total. The summed E-state index contributed by atoms with van der Waals surface area (Å²) in [5, 5.41) is 11.8. The second kappa shape index (κ2) is 6.64. The highest BCUT2D eigenvalue weighted by molar-refractivity contribution is 9.10. The topological polar surface area (TPSA) is 90.9 Å². The van der Waals surface area contributed by atoms with E-state index in [2.05, 4.69) is 26.7 Å². The van der Waals surface area contributed by atoms with Crippen LogP contribution < -0.4 is 15.5 Å². The lowest BCUT2D eigenvalue weighted by Gasteiger charge is -2.21. The maximum atomic E-state index is 12.1. The Labute approximate surface area is 136 Å². The Balaban J connectivity index is 1.93. The summed E-state index contributed by atoms with van der Waals surface area (Å²) in [5.74, 6) is 0.294. The summed E-state index contributed by atoms with van der Waals surface area (Å²) in [5.41, 5.74) is 1.14. The lowest BCUT2D eigenvalue weighted by molar-refractivity contribution is -0.130. The van der Waals surface area contributed by atoms with E-state index < -0.39 is 17.6 Å². The molecule has 7 nitrogen and oxygen atoms in total. The number of urea groups is 1. The number of hydrogen-bond acceptors (Lipinski definition) is 5. The number of benzene rings is 1. The Bertz CT molecular complexity index is 562. The van der Waals surface area contributed by atoms with Crippen molar-refractivity contribution in [3.05, 3.63) is 28.7 Å². The van der Waals surface area contributed by atoms with Gasteiger partial charge in [0.15, 0.2) is 0 Å². The molecule has 0 aliphatic carbocycles. The molecule has 1 heterocycles. The van der Waals surface area contributed by atoms with Gasteiger partial charge in [-0.05, 0) is 38.1 Å². The van der Waals surface area contributed by atoms with Crippen molar-refractivity contribution in [1.82, 2.24) is 15.7 Å². The molecule has 3 amide bonds. The largest absolute Gasteiger partial charge is 0.492 e. The first-order chi connectivity index (χ1) is 10.3. The number of hydrogen-bond donors (Lipinski definition) is 3. The first-order valence-electron chi connectivity index (χ1n) is 6.75. The number of nitrogens with one attached hydrogen (secondary N) is 2. The van der Waals surface area contributed by atoms with Crippen LogP contribution in [0.15, 0.2) is 28.7 Å². The molecule has 1 aromatic rings. The van der Waals surface area contributed by atoms with Gasteiger partial charge in [0.1, 0.15) is 17.9 Å². The molecule has 1 aliphatic rings. The van der Waals surface area contributed by atoms with E-state index in [9.17, 15) is 14.8 Å². The molecule has 120 valence electrons. The van der Waals surface area contributed by atoms with E-state index >= 15 is 0 Å². The van der Waals surface area contributed by atoms with Crippen molar-refractivity contribution in [2.24, 2.45) is 0 Å². The first kappa shape index (κ1) is 16.7. The van der Waals surface area contributed by atoms with Gasteiger partial charge in [-0.25, -0.2) is 4.79 Å². The maximum Gasteiger partial charge on any atom is 0.325 e. The highest BCUT2D eigenvalue weighted by atomic mass is 79.9. The summed E-state index contributed by atoms with van der Waals surface area (Å²) in [4.78, 5) is 25.0. The van der Waals surface area contributed by atoms with Crippen LogP contribution in [0.2, 0.25) is 0 Å². The molecule has 22 heavy (non-hydrogen) atoms. The predicted octanol–water partition coefficient (Wildman–Crippen LogP) is 1.51. The third kappa shape index (κ3) is 3.76. The van der Waals surface area contributed by atoms with Crippen LogP contribution in [0.25, 0.3) is 0 Å². The van der Waals surface area contributed by atoms with Crippen molar-refractivity contribution < 1.29 is 19.5 Å². The Kier molecular flexibility index (Phi) is 5.05. The molecule has 1 aromatic carbocycles. The Morgan fingerprint density at radius 1 is 1.41 bits per heavy atom. The summed E-state index contributed by atoms with van der Waals surface area (Å²) in [6, 6.07) is 6.14. The van der Waals surface area contributed by atoms with Gasteiger partial charge in [0, 0.05) is 4.47 Å². The standard InChI is InChI=1S/C14H18BrN3O4/c1-14(2)12(19)18(13(20)16-14)7-10(17-21)8-22-11-5-3-9(15)4-6-11/h3-6,10,17,21H,7-8H2,1-2H3,(H,16,20)/t10-/m0/s1/i3+2,4+2,5+2,6+2,9+2,11+2. The van der Waals surface area contributed by atoms with E-state index in [-0.39, 0.29) is 19.1 Å². The van der Waals surface area contributed by atoms with Crippen molar-refractivity contribution in [2.75, 3.05) is 13.2 Å². The van der Waals surface area contributed by atoms with Gasteiger partial charge in [-0.15, -0.1) is 0 Å². The molecule has 0 spiro atoms. The second-order valence-electron chi connectivity index (χ2n) is 5.56. The molecule has 0 saturated carbocycles. The molecule has 8 heteroatoms. The van der Waals surface area contributed by atoms with Gasteiger partial charge in [-0.2, -0.15) is 5.48 Å². The minimum atomic E-state index is -0.927. The highest BCUT2D eigenvalue weighted by Crippen LogP contribution is 2.18. The number of rotatable bonds is 6. The zero-order chi connectivity index (χ0) is 16.3. The van der Waals surface area contributed by atoms with E-state index in [4.69, 9.17) is 4.74 Å². The lowest BCUT2D eigenvalue weighted by atomic mass is 10.1. The number of ether oxygens (including phenoxy) is 1. The first-order valence-corrected chi connectivity index (χ1v) is 7.55. The van der Waals surface area contributed by atoms with E-state index in [1.54, 1.807) is 26.0 Å². The number of amides is 3. The Morgan fingerprint density at radius 2 is 2.05 bits per heavy atom. The number of hydroxylamine groups is 1. The van der Waals surface area contributed by atoms with Crippen LogP contribution in [0.3, 0.4) is 0 Å². The molecule has 1 saturated heterocycles. The molecule has 1 fully saturated rings. The molecule has 1 atom stereocenters. The smallest absolute Gasteiger partial charge is 0.325 e. The highest BCUT2D eigenvalue weighted by Gasteiger charge is 2.44. The summed E-state index contributed by atoms with van der Waals surface area (Å²) in [6.45, 7) is 3.39. The van der Waals surface area contributed by atoms with Crippen LogP contribution in [-0.2, 0) is 4.79 Å². The monoisotopic (exact) mass is 383 g/mol. The lowest BCUT2D eigenvalue weighted by Crippen LogP contribution is -2.46. The number of carbonyl (C=O) groups is 2. The van der Waals surface area contributed by atoms with Gasteiger partial charge in [0.2, 0.25) is 0 Å². The van der Waals surface area contributed by atoms with E-state index in [0.717, 1.165) is 9.37 Å². The Hall–Kier alpha value is -1.64. The summed E-state index contributed by atoms with van der Waals surface area (Å²) >= 11 is 3.32. The molecule has 1 aliphatic heterocycles. The molecule has 0 bridgehead atoms. The Morgan fingerprint density at radius 3 is 2.55 bits per heavy atom. The molecular formula is C14H18BrN3O4. The summed E-state index contributed by atoms with van der Waals surface area (Å²) < 4.78 is 6.46. The average molecular weight is 384 g/mol. The fourth-order valence-corrected chi connectivity index (χ4v) is 2.33. The third-order valence-corrected chi connectivity index (χ3v) is 3.82. The normalized spacial score (nSPS) is 18.3. The van der Waals surface area contributed by atoms with Gasteiger partial charge >= 0.3 is 6.03 Å². The van der Waals surface area contributed by atoms with Crippen LogP contribution in [-0.4, -0.2) is 46.8 Å². The van der Waals surface area contributed by atoms with Crippen LogP contribution >= 0.6 is 15.9 Å². The molecule has 0 aromatic heterocycles. The minimum absolute atomic E-state index is 0.0150. The van der Waals surface area contributed by atoms with E-state index in [1.165, 1.54) is 0 Å². The quantitative estimate of drug-likeness (QED) is 0.511. The fraction of sp³-hybridized carbons (Fsp3) is 0.429. The van der Waals surface area contributed by atoms with E-state index in [0.29, 0.717) is 5.75 Å². The maximum absolute atomic E-state index is 12.1. The van der Waals surface area contributed by atoms with Gasteiger partial charge in [0.25, 0.3) is 5.91 Å². The van der Waals surface area contributed by atoms with E-state index in [1.807, 2.05) is 12.1 Å². The number of carbonyl (C=O) groups excluding carboxylic acids is 2. The fourth-order valence-electron chi connectivity index (χ4n) is 2.06. The van der Waals surface area contributed by atoms with Crippen LogP contribution in [0.1, 0.15) is 13.8 Å². The average Bonchev–Trinajstić information content (AvgIpc) is 2.66. The van der Waals surface area contributed by atoms with Gasteiger partial charge in [-0.1, -0.05) is 15.9 Å². The minimum Gasteiger partial charge on any atom is -0.492 e. The molecule has 0 unspecified atom stereocenters. The van der Waals surface area contributed by atoms with Crippen molar-refractivity contribution >= 4 is 27.9 Å². The summed E-state index contributed by atoms with van der Waals surface area (Å²) in [7, 11) is 0. The van der Waals surface area contributed by atoms with Crippen LogP contribution in [0, 0.1) is 0 Å². The number of imide groups is 1. The SMILES string of the molecule is CC1(C)NC(=O)N(C[C@@H](CO[14c]2[14cH][14cH][14c](Br)[14cH][14cH]2)NO)C1=O. The van der Waals surface area contributed by atoms with Gasteiger partial charge in [-0.3, -0.25) is 9.69 Å². The molecular weight excluding hydrogens is 366 g/mol. The van der Waals surface area contributed by atoms with Crippen molar-refractivity contribution in [3.8, 4) is 5.75 Å². The van der Waals surface area contributed by atoms with Crippen LogP contribution in [0.4, 0.5) is 4.79 Å². The van der Waals surface area contributed by atoms with Crippen LogP contribution in [0.5, 0.6) is 5.75 Å². The van der Waals surface area contributed by atoms with Gasteiger partial charge in [0.05, 0.1) is 12.6 Å². The van der Waals surface area contributed by atoms with Crippen molar-refractivity contribution in [3.63, 3.8) is 0 Å². The zero-order valence-electron chi connectivity index (χ0n) is 12.3. The summed E-state index contributed by atoms with van der Waals surface area (Å²) in [6.07, 6.45) is 0. The van der Waals surface area contributed by atoms with Gasteiger partial charge < -0.3 is 15.3 Å². The predicted molar refractivity (Wildman–Crippen MR) is 82.7 cm³/mol. The van der Waals surface area contributed by atoms with Crippen molar-refractivity contribution in [1.29, 1.82) is 0 Å². The van der Waals surface area contributed by atoms with Crippen molar-refractivity contribution in [2.45, 2.75) is 25.4 Å². The third-order valence-electron chi connectivity index (χ3n) is 3.29. The number of halogens is 1. The number of nitrogens with zero attached hydrogens (tertiary/aromatic N) is 1. The molecule has 0 radical (unpaired) electrons. The zero-order valence-corrected chi connectivity index (χ0v) is 13.9.